The van der Waals surface area contributed by atoms with Crippen molar-refractivity contribution >= 4 is 23.6 Å². The molecule has 136 valence electrons. The van der Waals surface area contributed by atoms with E-state index >= 15 is 0 Å². The summed E-state index contributed by atoms with van der Waals surface area (Å²) in [5.74, 6) is -0.386. The lowest BCUT2D eigenvalue weighted by Crippen LogP contribution is -2.42. The number of hydrogen-bond acceptors (Lipinski definition) is 4. The normalized spacial score (nSPS) is 25.6. The fraction of sp³-hybridized carbons (Fsp3) is 0.400. The molecule has 0 bridgehead atoms. The van der Waals surface area contributed by atoms with E-state index in [2.05, 4.69) is 15.0 Å². The lowest BCUT2D eigenvalue weighted by molar-refractivity contribution is 0.0911. The van der Waals surface area contributed by atoms with Gasteiger partial charge in [0, 0.05) is 5.92 Å². The van der Waals surface area contributed by atoms with Crippen LogP contribution in [0.15, 0.2) is 39.2 Å². The number of aliphatic hydroxyl groups excluding tert-OH is 1. The van der Waals surface area contributed by atoms with E-state index < -0.39 is 12.1 Å². The second-order valence-corrected chi connectivity index (χ2v) is 5.98. The molecular formula is C15H25N9O. The lowest BCUT2D eigenvalue weighted by Gasteiger charge is -2.36. The number of benzene rings is 1. The van der Waals surface area contributed by atoms with Gasteiger partial charge in [0.25, 0.3) is 0 Å². The zero-order chi connectivity index (χ0) is 18.6. The molecule has 1 aromatic rings. The van der Waals surface area contributed by atoms with Crippen molar-refractivity contribution in [3.63, 3.8) is 0 Å². The van der Waals surface area contributed by atoms with E-state index in [4.69, 9.17) is 34.4 Å². The summed E-state index contributed by atoms with van der Waals surface area (Å²) in [5.41, 5.74) is 34.5. The van der Waals surface area contributed by atoms with Gasteiger partial charge in [0.2, 0.25) is 0 Å². The van der Waals surface area contributed by atoms with Gasteiger partial charge in [-0.1, -0.05) is 18.2 Å². The molecule has 4 atom stereocenters. The molecule has 25 heavy (non-hydrogen) atoms. The quantitative estimate of drug-likeness (QED) is 0.242. The van der Waals surface area contributed by atoms with E-state index in [-0.39, 0.29) is 29.8 Å². The SMILES string of the molecule is NC(N)=Nc1ccccc1[C@H]1C[C@@H](O)[C@H](N=C(N)N)C[C@@H]1N=C(N)N. The first-order valence-electron chi connectivity index (χ1n) is 7.82. The number of nitrogens with two attached hydrogens (primary N) is 6. The number of para-hydroxylation sites is 1. The summed E-state index contributed by atoms with van der Waals surface area (Å²) in [6, 6.07) is 6.55. The Labute approximate surface area is 145 Å². The van der Waals surface area contributed by atoms with Crippen LogP contribution in [0.4, 0.5) is 5.69 Å². The van der Waals surface area contributed by atoms with Crippen molar-refractivity contribution in [1.29, 1.82) is 0 Å². The first kappa shape index (κ1) is 18.3. The molecule has 10 nitrogen and oxygen atoms in total. The fourth-order valence-electron chi connectivity index (χ4n) is 3.18. The summed E-state index contributed by atoms with van der Waals surface area (Å²) in [4.78, 5) is 12.5. The molecule has 1 fully saturated rings. The summed E-state index contributed by atoms with van der Waals surface area (Å²) in [5, 5.41) is 10.5. The third kappa shape index (κ3) is 4.73. The highest BCUT2D eigenvalue weighted by Gasteiger charge is 2.38. The number of hydrogen-bond donors (Lipinski definition) is 7. The van der Waals surface area contributed by atoms with Crippen molar-refractivity contribution in [1.82, 2.24) is 0 Å². The van der Waals surface area contributed by atoms with Gasteiger partial charge in [0.1, 0.15) is 0 Å². The fourth-order valence-corrected chi connectivity index (χ4v) is 3.18. The standard InChI is InChI=1S/C15H25N9O/c16-13(17)22-9-4-2-1-3-7(9)8-5-12(25)11(24-15(20)21)6-10(8)23-14(18)19/h1-4,8,10-12,25H,5-6H2,(H4,16,17,22)(H4,18,19,23)(H4,20,21,24)/t8-,10+,11-,12-/m1/s1. The minimum Gasteiger partial charge on any atom is -0.391 e. The summed E-state index contributed by atoms with van der Waals surface area (Å²) in [7, 11) is 0. The Balaban J connectivity index is 2.44. The number of guanidine groups is 3. The van der Waals surface area contributed by atoms with Crippen LogP contribution in [0.25, 0.3) is 0 Å². The Hall–Kier alpha value is -3.01. The van der Waals surface area contributed by atoms with Gasteiger partial charge in [-0.3, -0.25) is 0 Å². The molecule has 0 amide bonds. The molecule has 0 heterocycles. The molecule has 0 spiro atoms. The molecule has 1 aliphatic carbocycles. The minimum absolute atomic E-state index is 0.0471. The molecular weight excluding hydrogens is 322 g/mol. The highest BCUT2D eigenvalue weighted by Crippen LogP contribution is 2.40. The maximum atomic E-state index is 10.5. The number of nitrogens with zero attached hydrogens (tertiary/aromatic N) is 3. The number of aliphatic hydroxyl groups is 1. The van der Waals surface area contributed by atoms with Gasteiger partial charge in [-0.05, 0) is 24.5 Å². The monoisotopic (exact) mass is 347 g/mol. The van der Waals surface area contributed by atoms with Crippen molar-refractivity contribution in [3.05, 3.63) is 29.8 Å². The highest BCUT2D eigenvalue weighted by molar-refractivity contribution is 5.80. The summed E-state index contributed by atoms with van der Waals surface area (Å²) in [6.07, 6.45) is 0.00216. The van der Waals surface area contributed by atoms with Crippen LogP contribution < -0.4 is 34.4 Å². The molecule has 13 N–H and O–H groups in total. The van der Waals surface area contributed by atoms with Gasteiger partial charge in [-0.25, -0.2) is 15.0 Å². The largest absolute Gasteiger partial charge is 0.391 e. The third-order valence-electron chi connectivity index (χ3n) is 4.10. The molecule has 2 rings (SSSR count). The van der Waals surface area contributed by atoms with Crippen molar-refractivity contribution < 1.29 is 5.11 Å². The Morgan fingerprint density at radius 1 is 0.840 bits per heavy atom. The average Bonchev–Trinajstić information content (AvgIpc) is 2.49. The van der Waals surface area contributed by atoms with E-state index in [1.165, 1.54) is 0 Å². The van der Waals surface area contributed by atoms with Crippen LogP contribution in [0.2, 0.25) is 0 Å². The minimum atomic E-state index is -0.746. The average molecular weight is 347 g/mol. The van der Waals surface area contributed by atoms with Gasteiger partial charge >= 0.3 is 0 Å². The molecule has 0 saturated heterocycles. The van der Waals surface area contributed by atoms with E-state index in [0.717, 1.165) is 5.56 Å². The smallest absolute Gasteiger partial charge is 0.191 e. The first-order chi connectivity index (χ1) is 11.8. The van der Waals surface area contributed by atoms with Crippen LogP contribution in [0.3, 0.4) is 0 Å². The molecule has 0 radical (unpaired) electrons. The Morgan fingerprint density at radius 3 is 2.04 bits per heavy atom. The third-order valence-corrected chi connectivity index (χ3v) is 4.10. The van der Waals surface area contributed by atoms with Crippen molar-refractivity contribution in [2.45, 2.75) is 36.9 Å². The van der Waals surface area contributed by atoms with E-state index in [0.29, 0.717) is 18.5 Å². The van der Waals surface area contributed by atoms with E-state index in [1.54, 1.807) is 6.07 Å². The highest BCUT2D eigenvalue weighted by atomic mass is 16.3. The Bertz CT molecular complexity index is 688. The van der Waals surface area contributed by atoms with Crippen LogP contribution in [0.5, 0.6) is 0 Å². The van der Waals surface area contributed by atoms with Crippen LogP contribution in [-0.4, -0.2) is 41.2 Å². The predicted molar refractivity (Wildman–Crippen MR) is 99.1 cm³/mol. The van der Waals surface area contributed by atoms with Crippen molar-refractivity contribution in [2.24, 2.45) is 49.4 Å². The second kappa shape index (κ2) is 7.71. The zero-order valence-corrected chi connectivity index (χ0v) is 13.8. The molecule has 0 unspecified atom stereocenters. The second-order valence-electron chi connectivity index (χ2n) is 5.98. The number of aliphatic imine (C=N–C) groups is 3. The van der Waals surface area contributed by atoms with Gasteiger partial charge in [-0.15, -0.1) is 0 Å². The summed E-state index contributed by atoms with van der Waals surface area (Å²) < 4.78 is 0. The van der Waals surface area contributed by atoms with E-state index in [1.807, 2.05) is 18.2 Å². The molecule has 1 saturated carbocycles. The predicted octanol–water partition coefficient (Wildman–Crippen LogP) is -1.89. The maximum Gasteiger partial charge on any atom is 0.191 e. The van der Waals surface area contributed by atoms with Gasteiger partial charge < -0.3 is 39.5 Å². The summed E-state index contributed by atoms with van der Waals surface area (Å²) >= 11 is 0. The van der Waals surface area contributed by atoms with Crippen molar-refractivity contribution in [2.75, 3.05) is 0 Å². The van der Waals surface area contributed by atoms with Crippen molar-refractivity contribution in [3.8, 4) is 0 Å². The summed E-state index contributed by atoms with van der Waals surface area (Å²) in [6.45, 7) is 0. The van der Waals surface area contributed by atoms with Crippen LogP contribution in [-0.2, 0) is 0 Å². The van der Waals surface area contributed by atoms with Gasteiger partial charge in [0.15, 0.2) is 17.9 Å². The zero-order valence-electron chi connectivity index (χ0n) is 13.8. The molecule has 0 aliphatic heterocycles. The van der Waals surface area contributed by atoms with Gasteiger partial charge in [0.05, 0.1) is 23.9 Å². The molecule has 1 aliphatic rings. The van der Waals surface area contributed by atoms with Gasteiger partial charge in [-0.2, -0.15) is 0 Å². The first-order valence-corrected chi connectivity index (χ1v) is 7.82. The van der Waals surface area contributed by atoms with Crippen LogP contribution in [0, 0.1) is 0 Å². The Morgan fingerprint density at radius 2 is 1.44 bits per heavy atom. The maximum absolute atomic E-state index is 10.5. The molecule has 0 aromatic heterocycles. The molecule has 10 heteroatoms. The van der Waals surface area contributed by atoms with Crippen LogP contribution >= 0.6 is 0 Å². The lowest BCUT2D eigenvalue weighted by atomic mass is 9.76. The number of rotatable bonds is 4. The van der Waals surface area contributed by atoms with Crippen LogP contribution in [0.1, 0.15) is 24.3 Å². The molecule has 1 aromatic carbocycles. The van der Waals surface area contributed by atoms with E-state index in [9.17, 15) is 5.11 Å². The topological polar surface area (TPSA) is 213 Å². The Kier molecular flexibility index (Phi) is 5.65.